The summed E-state index contributed by atoms with van der Waals surface area (Å²) in [5, 5.41) is 85.3. The minimum Gasteiger partial charge on any atom is -0.491 e. The minimum atomic E-state index is -1.39. The Morgan fingerprint density at radius 1 is 0.304 bits per heavy atom. The Labute approximate surface area is 832 Å². The van der Waals surface area contributed by atoms with Gasteiger partial charge in [-0.25, -0.2) is 47.9 Å². The highest BCUT2D eigenvalue weighted by Crippen LogP contribution is 2.29. The summed E-state index contributed by atoms with van der Waals surface area (Å²) in [4.78, 5) is 190. The number of rotatable bonds is 37. The van der Waals surface area contributed by atoms with Crippen LogP contribution in [0.3, 0.4) is 0 Å². The van der Waals surface area contributed by atoms with Gasteiger partial charge in [-0.05, 0) is 115 Å². The molecule has 0 fully saturated rings. The first kappa shape index (κ1) is 112. The number of carboxylic acid groups (broad SMARTS) is 5. The molecular weight excluding hydrogens is 1980 g/mol. The quantitative estimate of drug-likeness (QED) is 0.0172. The van der Waals surface area contributed by atoms with E-state index in [1.54, 1.807) is 62.6 Å². The Balaban J connectivity index is 0.000000265. The van der Waals surface area contributed by atoms with Crippen molar-refractivity contribution in [2.45, 2.75) is 96.7 Å². The molecule has 730 valence electrons. The molecular formula is C90H92Cl8N18O21S. The summed E-state index contributed by atoms with van der Waals surface area (Å²) < 4.78 is 5.67. The van der Waals surface area contributed by atoms with Crippen molar-refractivity contribution in [1.29, 1.82) is 0 Å². The summed E-state index contributed by atoms with van der Waals surface area (Å²) in [5.41, 5.74) is 4.96. The number of amides is 15. The third-order valence-electron chi connectivity index (χ3n) is 18.1. The number of urea groups is 5. The molecule has 138 heavy (non-hydrogen) atoms. The number of carboxylic acids is 5. The first-order valence-corrected chi connectivity index (χ1v) is 44.6. The third kappa shape index (κ3) is 39.9. The monoisotopic (exact) mass is 2070 g/mol. The molecule has 0 aliphatic heterocycles. The van der Waals surface area contributed by atoms with Gasteiger partial charge >= 0.3 is 60.0 Å². The molecule has 20 N–H and O–H groups in total. The molecule has 6 aromatic carbocycles. The number of hydrogen-bond donors (Lipinski definition) is 20. The number of hydrogen-bond acceptors (Lipinski definition) is 20. The van der Waals surface area contributed by atoms with Gasteiger partial charge in [0.15, 0.2) is 0 Å². The second-order valence-corrected chi connectivity index (χ2v) is 33.1. The van der Waals surface area contributed by atoms with Crippen molar-refractivity contribution in [2.24, 2.45) is 0 Å². The van der Waals surface area contributed by atoms with Gasteiger partial charge in [-0.15, -0.1) is 11.3 Å². The lowest BCUT2D eigenvalue weighted by atomic mass is 10.0. The summed E-state index contributed by atoms with van der Waals surface area (Å²) in [5.74, 6) is -9.47. The number of nitrogens with one attached hydrogen (secondary N) is 15. The van der Waals surface area contributed by atoms with Gasteiger partial charge in [0.2, 0.25) is 0 Å². The van der Waals surface area contributed by atoms with Crippen molar-refractivity contribution in [1.82, 2.24) is 94.7 Å². The highest BCUT2D eigenvalue weighted by Gasteiger charge is 2.31. The summed E-state index contributed by atoms with van der Waals surface area (Å²) >= 11 is 48.7. The van der Waals surface area contributed by atoms with Gasteiger partial charge in [0, 0.05) is 73.8 Å². The number of aliphatic carboxylic acids is 5. The lowest BCUT2D eigenvalue weighted by Crippen LogP contribution is -2.50. The van der Waals surface area contributed by atoms with E-state index in [1.165, 1.54) is 60.4 Å². The van der Waals surface area contributed by atoms with E-state index in [-0.39, 0.29) is 121 Å². The number of ether oxygens (including phenoxy) is 1. The van der Waals surface area contributed by atoms with Gasteiger partial charge in [-0.3, -0.25) is 38.9 Å². The van der Waals surface area contributed by atoms with Crippen molar-refractivity contribution in [3.63, 3.8) is 0 Å². The SMILES string of the molecule is Cc1cc(OC(C)C)cc(C)c1C(=O)N[C@@H](CNC(=O)NCc1ccccc1)C(=O)O.O=C(NCc1ccccc1)NC[C@H](NC(=O)c1c(Cl)cccc1Cl)C(=O)O.O=C(NCc1ccccc1)NC[C@H](NC(=O)c1c(Cl)cncc1Cl)C(=O)O.O=C(NCc1cccnc1)NC[C@H](NC(=O)c1c(Cl)cncc1Cl)C(=O)O.O=C(NCc1cccs1)NC[C@H](NC(=O)c1c(Cl)cccc1Cl)C(=O)O. The number of carbonyl (C=O) groups excluding carboxylic acids is 10. The van der Waals surface area contributed by atoms with Crippen LogP contribution in [0.5, 0.6) is 5.75 Å². The average molecular weight is 2080 g/mol. The molecule has 0 spiro atoms. The zero-order chi connectivity index (χ0) is 102. The van der Waals surface area contributed by atoms with Crippen LogP contribution in [0.1, 0.15) is 104 Å². The molecule has 10 rings (SSSR count). The van der Waals surface area contributed by atoms with Crippen LogP contribution in [0.15, 0.2) is 206 Å². The summed E-state index contributed by atoms with van der Waals surface area (Å²) in [6.45, 7) is 7.19. The van der Waals surface area contributed by atoms with Crippen molar-refractivity contribution in [3.05, 3.63) is 313 Å². The van der Waals surface area contributed by atoms with E-state index in [0.717, 1.165) is 27.1 Å². The van der Waals surface area contributed by atoms with E-state index in [9.17, 15) is 97.5 Å². The second-order valence-electron chi connectivity index (χ2n) is 28.8. The lowest BCUT2D eigenvalue weighted by molar-refractivity contribution is -0.140. The maximum Gasteiger partial charge on any atom is 0.328 e. The number of nitrogens with zero attached hydrogens (tertiary/aromatic N) is 3. The number of pyridine rings is 3. The number of aryl methyl sites for hydroxylation is 2. The summed E-state index contributed by atoms with van der Waals surface area (Å²) in [6.07, 6.45) is 8.04. The third-order valence-corrected chi connectivity index (χ3v) is 21.3. The predicted octanol–water partition coefficient (Wildman–Crippen LogP) is 11.7. The number of thiophene rings is 1. The molecule has 0 aliphatic rings. The normalized spacial score (nSPS) is 11.4. The predicted molar refractivity (Wildman–Crippen MR) is 517 cm³/mol. The molecule has 10 aromatic rings. The highest BCUT2D eigenvalue weighted by atomic mass is 35.5. The van der Waals surface area contributed by atoms with E-state index in [2.05, 4.69) is 94.7 Å². The van der Waals surface area contributed by atoms with Gasteiger partial charge < -0.3 is 110 Å². The lowest BCUT2D eigenvalue weighted by Gasteiger charge is -2.19. The molecule has 0 bridgehead atoms. The first-order chi connectivity index (χ1) is 65.7. The highest BCUT2D eigenvalue weighted by molar-refractivity contribution is 7.09. The largest absolute Gasteiger partial charge is 0.491 e. The summed E-state index contributed by atoms with van der Waals surface area (Å²) in [6, 6.07) is 37.9. The van der Waals surface area contributed by atoms with E-state index in [0.29, 0.717) is 35.5 Å². The van der Waals surface area contributed by atoms with E-state index >= 15 is 0 Å². The topological polar surface area (TPSA) is 586 Å². The average Bonchev–Trinajstić information content (AvgIpc) is 0.792. The molecule has 0 saturated heterocycles. The number of halogens is 8. The number of benzene rings is 6. The van der Waals surface area contributed by atoms with Gasteiger partial charge in [0.05, 0.1) is 108 Å². The van der Waals surface area contributed by atoms with Crippen LogP contribution >= 0.6 is 104 Å². The Morgan fingerprint density at radius 2 is 0.572 bits per heavy atom. The van der Waals surface area contributed by atoms with Crippen LogP contribution < -0.4 is 84.5 Å². The molecule has 5 atom stereocenters. The fourth-order valence-electron chi connectivity index (χ4n) is 11.3. The molecule has 4 heterocycles. The van der Waals surface area contributed by atoms with E-state index < -0.39 is 120 Å². The Hall–Kier alpha value is -14.4. The molecule has 0 unspecified atom stereocenters. The zero-order valence-electron chi connectivity index (χ0n) is 73.2. The van der Waals surface area contributed by atoms with Crippen LogP contribution in [0.4, 0.5) is 24.0 Å². The molecule has 0 saturated carbocycles. The van der Waals surface area contributed by atoms with Crippen LogP contribution in [-0.4, -0.2) is 199 Å². The smallest absolute Gasteiger partial charge is 0.328 e. The summed E-state index contributed by atoms with van der Waals surface area (Å²) in [7, 11) is 0. The van der Waals surface area contributed by atoms with Gasteiger partial charge in [0.25, 0.3) is 29.5 Å². The zero-order valence-corrected chi connectivity index (χ0v) is 80.1. The molecule has 0 aliphatic carbocycles. The first-order valence-electron chi connectivity index (χ1n) is 40.7. The molecule has 39 nitrogen and oxygen atoms in total. The standard InChI is InChI=1S/C23H29N3O5.C18H17Cl2N3O4.C17H16Cl2N4O4.C16H15Cl2N5O4.C16H15Cl2N3O4S/c1-14(2)31-18-10-15(3)20(16(4)11-18)21(27)26-19(22(28)29)13-25-23(30)24-12-17-8-6-5-7-9-17;19-12-7-4-8-13(20)15(12)16(24)23-14(17(25)26)10-22-18(27)21-9-11-5-2-1-3-6-11;18-11-7-20-8-12(19)14(11)15(24)23-13(16(25)26)9-22-17(27)21-6-10-4-2-1-3-5-10;17-10-6-20-7-11(18)13(10)14(24)23-12(15(25)26)8-22-16(27)21-5-9-2-1-3-19-4-9;17-10-4-1-5-11(18)13(10)14(22)21-12(15(23)24)8-20-16(25)19-7-9-3-2-6-26-9/h5-11,14,19H,12-13H2,1-4H3,(H,26,27)(H,28,29)(H2,24,25,30);1-8,14H,9-10H2,(H,23,24)(H,25,26)(H2,21,22,27);1-5,7-8,13H,6,9H2,(H,23,24)(H,25,26)(H2,21,22,27);1-4,6-7,12H,5,8H2,(H,23,24)(H,25,26)(H2,21,22,27);1-6,12H,7-8H2,(H,21,22)(H,23,24)(H2,19,20,25)/t19-;14-;13-;2*12-/m00000/s1. The van der Waals surface area contributed by atoms with E-state index in [1.807, 2.05) is 122 Å². The van der Waals surface area contributed by atoms with Crippen LogP contribution in [0, 0.1) is 13.8 Å². The van der Waals surface area contributed by atoms with Crippen molar-refractivity contribution < 1.29 is 102 Å². The fourth-order valence-corrected chi connectivity index (χ4v) is 14.2. The van der Waals surface area contributed by atoms with Crippen LogP contribution in [0.25, 0.3) is 0 Å². The van der Waals surface area contributed by atoms with Crippen molar-refractivity contribution in [2.75, 3.05) is 32.7 Å². The Morgan fingerprint density at radius 3 is 0.833 bits per heavy atom. The fraction of sp³-hybridized carbons (Fsp3) is 0.222. The Bertz CT molecular complexity index is 5430. The van der Waals surface area contributed by atoms with Crippen LogP contribution in [0.2, 0.25) is 40.2 Å². The van der Waals surface area contributed by atoms with E-state index in [4.69, 9.17) is 97.5 Å². The molecule has 15 amide bonds. The maximum atomic E-state index is 12.7. The number of carbonyl (C=O) groups is 15. The van der Waals surface area contributed by atoms with Crippen molar-refractivity contribution >= 4 is 194 Å². The molecule has 48 heteroatoms. The van der Waals surface area contributed by atoms with Gasteiger partial charge in [0.1, 0.15) is 36.0 Å². The molecule has 4 aromatic heterocycles. The number of aromatic nitrogens is 3. The van der Waals surface area contributed by atoms with Gasteiger partial charge in [-0.1, -0.05) is 208 Å². The second kappa shape index (κ2) is 58.8. The Kier molecular flexibility index (Phi) is 47.9. The van der Waals surface area contributed by atoms with Crippen LogP contribution in [-0.2, 0) is 56.7 Å². The molecule has 0 radical (unpaired) electrons. The minimum absolute atomic E-state index is 0.00557. The maximum absolute atomic E-state index is 12.7. The van der Waals surface area contributed by atoms with Gasteiger partial charge in [-0.2, -0.15) is 0 Å². The van der Waals surface area contributed by atoms with Crippen molar-refractivity contribution in [3.8, 4) is 5.75 Å².